The number of hydrogen-bond donors (Lipinski definition) is 1. The molecule has 1 amide bonds. The van der Waals surface area contributed by atoms with Gasteiger partial charge >= 0.3 is 0 Å². The Morgan fingerprint density at radius 3 is 2.78 bits per heavy atom. The van der Waals surface area contributed by atoms with Gasteiger partial charge in [-0.2, -0.15) is 0 Å². The highest BCUT2D eigenvalue weighted by Gasteiger charge is 2.26. The quantitative estimate of drug-likeness (QED) is 0.880. The summed E-state index contributed by atoms with van der Waals surface area (Å²) in [6.45, 7) is 3.79. The second-order valence-corrected chi connectivity index (χ2v) is 5.51. The maximum atomic E-state index is 12.1. The van der Waals surface area contributed by atoms with Gasteiger partial charge < -0.3 is 5.32 Å². The summed E-state index contributed by atoms with van der Waals surface area (Å²) < 4.78 is 0. The van der Waals surface area contributed by atoms with Gasteiger partial charge in [0.05, 0.1) is 11.1 Å². The van der Waals surface area contributed by atoms with Crippen LogP contribution in [0.4, 0.5) is 0 Å². The molecule has 0 aliphatic heterocycles. The van der Waals surface area contributed by atoms with Crippen molar-refractivity contribution in [2.24, 2.45) is 0 Å². The Morgan fingerprint density at radius 2 is 2.17 bits per heavy atom. The molecule has 0 unspecified atom stereocenters. The molecule has 94 valence electrons. The van der Waals surface area contributed by atoms with Crippen molar-refractivity contribution in [3.8, 4) is 0 Å². The molecule has 0 bridgehead atoms. The van der Waals surface area contributed by atoms with Crippen molar-refractivity contribution < 1.29 is 4.79 Å². The molecule has 18 heavy (non-hydrogen) atoms. The third-order valence-electron chi connectivity index (χ3n) is 2.40. The summed E-state index contributed by atoms with van der Waals surface area (Å²) in [6.07, 6.45) is 3.26. The van der Waals surface area contributed by atoms with E-state index in [1.54, 1.807) is 24.5 Å². The number of carbonyl (C=O) groups is 1. The van der Waals surface area contributed by atoms with E-state index in [2.05, 4.69) is 15.3 Å². The van der Waals surface area contributed by atoms with Crippen molar-refractivity contribution >= 4 is 28.8 Å². The SMILES string of the molecule is CC(C)(NC(=O)c1cccnc1Cl)c1nccs1. The van der Waals surface area contributed by atoms with Gasteiger partial charge in [-0.25, -0.2) is 9.97 Å². The zero-order chi connectivity index (χ0) is 13.2. The monoisotopic (exact) mass is 281 g/mol. The molecule has 0 saturated heterocycles. The molecule has 4 nitrogen and oxygen atoms in total. The van der Waals surface area contributed by atoms with Crippen molar-refractivity contribution in [1.82, 2.24) is 15.3 Å². The highest BCUT2D eigenvalue weighted by atomic mass is 35.5. The first-order valence-electron chi connectivity index (χ1n) is 5.34. The van der Waals surface area contributed by atoms with Crippen molar-refractivity contribution in [2.75, 3.05) is 0 Å². The molecule has 6 heteroatoms. The molecule has 0 aliphatic rings. The zero-order valence-corrected chi connectivity index (χ0v) is 11.5. The van der Waals surface area contributed by atoms with E-state index < -0.39 is 5.54 Å². The van der Waals surface area contributed by atoms with Gasteiger partial charge in [0.2, 0.25) is 0 Å². The predicted molar refractivity (Wildman–Crippen MR) is 71.9 cm³/mol. The predicted octanol–water partition coefficient (Wildman–Crippen LogP) is 2.86. The van der Waals surface area contributed by atoms with Gasteiger partial charge in [-0.3, -0.25) is 4.79 Å². The summed E-state index contributed by atoms with van der Waals surface area (Å²) in [5.41, 5.74) is -0.173. The van der Waals surface area contributed by atoms with Gasteiger partial charge in [0.1, 0.15) is 10.2 Å². The number of nitrogens with zero attached hydrogens (tertiary/aromatic N) is 2. The maximum absolute atomic E-state index is 12.1. The molecule has 2 aromatic heterocycles. The van der Waals surface area contributed by atoms with Crippen LogP contribution in [0.3, 0.4) is 0 Å². The van der Waals surface area contributed by atoms with Crippen LogP contribution in [0.15, 0.2) is 29.9 Å². The summed E-state index contributed by atoms with van der Waals surface area (Å²) in [4.78, 5) is 20.2. The summed E-state index contributed by atoms with van der Waals surface area (Å²) >= 11 is 7.38. The Hall–Kier alpha value is -1.46. The lowest BCUT2D eigenvalue weighted by molar-refractivity contribution is 0.0911. The lowest BCUT2D eigenvalue weighted by Gasteiger charge is -2.23. The van der Waals surface area contributed by atoms with Gasteiger partial charge in [-0.1, -0.05) is 11.6 Å². The number of carbonyl (C=O) groups excluding carboxylic acids is 1. The highest BCUT2D eigenvalue weighted by molar-refractivity contribution is 7.09. The first-order valence-corrected chi connectivity index (χ1v) is 6.59. The van der Waals surface area contributed by atoms with E-state index in [0.29, 0.717) is 5.56 Å². The van der Waals surface area contributed by atoms with Crippen molar-refractivity contribution in [1.29, 1.82) is 0 Å². The lowest BCUT2D eigenvalue weighted by atomic mass is 10.1. The van der Waals surface area contributed by atoms with Gasteiger partial charge in [-0.15, -0.1) is 11.3 Å². The molecule has 0 aromatic carbocycles. The summed E-state index contributed by atoms with van der Waals surface area (Å²) in [5.74, 6) is -0.256. The standard InChI is InChI=1S/C12H12ClN3OS/c1-12(2,11-15-6-7-18-11)16-10(17)8-4-3-5-14-9(8)13/h3-7H,1-2H3,(H,16,17). The Kier molecular flexibility index (Phi) is 3.63. The average molecular weight is 282 g/mol. The minimum absolute atomic E-state index is 0.199. The summed E-state index contributed by atoms with van der Waals surface area (Å²) in [7, 11) is 0. The number of halogens is 1. The number of nitrogens with one attached hydrogen (secondary N) is 1. The number of pyridine rings is 1. The van der Waals surface area contributed by atoms with E-state index in [0.717, 1.165) is 5.01 Å². The van der Waals surface area contributed by atoms with Crippen LogP contribution in [0.1, 0.15) is 29.2 Å². The van der Waals surface area contributed by atoms with Crippen LogP contribution >= 0.6 is 22.9 Å². The molecule has 2 aromatic rings. The largest absolute Gasteiger partial charge is 0.341 e. The molecule has 0 fully saturated rings. The van der Waals surface area contributed by atoms with Crippen LogP contribution in [0.25, 0.3) is 0 Å². The molecule has 0 saturated carbocycles. The van der Waals surface area contributed by atoms with E-state index in [1.807, 2.05) is 19.2 Å². The molecular formula is C12H12ClN3OS. The lowest BCUT2D eigenvalue weighted by Crippen LogP contribution is -2.41. The van der Waals surface area contributed by atoms with Gasteiger partial charge in [0.15, 0.2) is 0 Å². The zero-order valence-electron chi connectivity index (χ0n) is 9.98. The maximum Gasteiger partial charge on any atom is 0.255 e. The second-order valence-electron chi connectivity index (χ2n) is 4.26. The fourth-order valence-corrected chi connectivity index (χ4v) is 2.42. The van der Waals surface area contributed by atoms with E-state index in [1.165, 1.54) is 11.3 Å². The van der Waals surface area contributed by atoms with Crippen LogP contribution in [0.5, 0.6) is 0 Å². The van der Waals surface area contributed by atoms with Crippen molar-refractivity contribution in [2.45, 2.75) is 19.4 Å². The van der Waals surface area contributed by atoms with E-state index in [4.69, 9.17) is 11.6 Å². The molecule has 0 atom stereocenters. The van der Waals surface area contributed by atoms with Crippen LogP contribution < -0.4 is 5.32 Å². The summed E-state index contributed by atoms with van der Waals surface area (Å²) in [6, 6.07) is 3.32. The topological polar surface area (TPSA) is 54.9 Å². The second kappa shape index (κ2) is 5.04. The number of hydrogen-bond acceptors (Lipinski definition) is 4. The van der Waals surface area contributed by atoms with Crippen molar-refractivity contribution in [3.05, 3.63) is 45.6 Å². The van der Waals surface area contributed by atoms with E-state index in [-0.39, 0.29) is 11.1 Å². The molecule has 1 N–H and O–H groups in total. The third kappa shape index (κ3) is 2.68. The average Bonchev–Trinajstić information content (AvgIpc) is 2.82. The van der Waals surface area contributed by atoms with Gasteiger partial charge in [-0.05, 0) is 26.0 Å². The Morgan fingerprint density at radius 1 is 1.39 bits per heavy atom. The Bertz CT molecular complexity index is 554. The van der Waals surface area contributed by atoms with E-state index in [9.17, 15) is 4.79 Å². The van der Waals surface area contributed by atoms with Crippen LogP contribution in [0.2, 0.25) is 5.15 Å². The Balaban J connectivity index is 2.20. The van der Waals surface area contributed by atoms with Crippen LogP contribution in [-0.2, 0) is 5.54 Å². The number of thiazole rings is 1. The third-order valence-corrected chi connectivity index (χ3v) is 3.79. The molecule has 0 aliphatic carbocycles. The first-order chi connectivity index (χ1) is 8.50. The van der Waals surface area contributed by atoms with E-state index >= 15 is 0 Å². The number of rotatable bonds is 3. The normalized spacial score (nSPS) is 11.3. The molecule has 0 radical (unpaired) electrons. The molecule has 2 heterocycles. The number of aromatic nitrogens is 2. The first kappa shape index (κ1) is 13.0. The van der Waals surface area contributed by atoms with Crippen molar-refractivity contribution in [3.63, 3.8) is 0 Å². The van der Waals surface area contributed by atoms with Crippen LogP contribution in [0, 0.1) is 0 Å². The van der Waals surface area contributed by atoms with Crippen LogP contribution in [-0.4, -0.2) is 15.9 Å². The minimum Gasteiger partial charge on any atom is -0.341 e. The van der Waals surface area contributed by atoms with Gasteiger partial charge in [0.25, 0.3) is 5.91 Å². The fourth-order valence-electron chi connectivity index (χ4n) is 1.49. The molecule has 0 spiro atoms. The Labute approximate surface area is 114 Å². The fraction of sp³-hybridized carbons (Fsp3) is 0.250. The summed E-state index contributed by atoms with van der Waals surface area (Å²) in [5, 5.41) is 5.82. The molecule has 2 rings (SSSR count). The highest BCUT2D eigenvalue weighted by Crippen LogP contribution is 2.23. The molecular weight excluding hydrogens is 270 g/mol. The smallest absolute Gasteiger partial charge is 0.255 e. The van der Waals surface area contributed by atoms with Gasteiger partial charge in [0, 0.05) is 17.8 Å². The number of amides is 1. The minimum atomic E-state index is -0.537.